The molecule has 0 saturated heterocycles. The Labute approximate surface area is 183 Å². The number of thioether (sulfide) groups is 1. The summed E-state index contributed by atoms with van der Waals surface area (Å²) in [5.41, 5.74) is 4.40. The van der Waals surface area contributed by atoms with Gasteiger partial charge >= 0.3 is 5.97 Å². The lowest BCUT2D eigenvalue weighted by Gasteiger charge is -2.17. The first-order chi connectivity index (χ1) is 14.4. The Morgan fingerprint density at radius 1 is 1.37 bits per heavy atom. The molecule has 156 valence electrons. The number of hydrogen-bond acceptors (Lipinski definition) is 6. The molecule has 2 heterocycles. The van der Waals surface area contributed by atoms with Crippen LogP contribution in [0.15, 0.2) is 46.4 Å². The molecule has 30 heavy (non-hydrogen) atoms. The molecule has 0 unspecified atom stereocenters. The average molecular weight is 441 g/mol. The molecule has 3 aromatic rings. The predicted octanol–water partition coefficient (Wildman–Crippen LogP) is 4.84. The number of carbonyl (C=O) groups is 1. The van der Waals surface area contributed by atoms with E-state index in [1.165, 1.54) is 22.9 Å². The Kier molecular flexibility index (Phi) is 5.84. The second-order valence-electron chi connectivity index (χ2n) is 7.50. The summed E-state index contributed by atoms with van der Waals surface area (Å²) in [5, 5.41) is 0.780. The zero-order valence-electron chi connectivity index (χ0n) is 17.4. The van der Waals surface area contributed by atoms with Crippen LogP contribution in [0.25, 0.3) is 20.7 Å². The molecule has 0 radical (unpaired) electrons. The first-order valence-electron chi connectivity index (χ1n) is 10.0. The van der Waals surface area contributed by atoms with Gasteiger partial charge < -0.3 is 4.74 Å². The van der Waals surface area contributed by atoms with Gasteiger partial charge in [-0.3, -0.25) is 14.2 Å². The van der Waals surface area contributed by atoms with Crippen LogP contribution < -0.4 is 5.56 Å². The zero-order chi connectivity index (χ0) is 21.4. The molecule has 0 fully saturated rings. The van der Waals surface area contributed by atoms with Crippen molar-refractivity contribution in [3.63, 3.8) is 0 Å². The number of esters is 1. The Balaban J connectivity index is 1.88. The summed E-state index contributed by atoms with van der Waals surface area (Å²) >= 11 is 2.83. The summed E-state index contributed by atoms with van der Waals surface area (Å²) in [7, 11) is 0. The highest BCUT2D eigenvalue weighted by atomic mass is 32.2. The van der Waals surface area contributed by atoms with Crippen LogP contribution in [-0.2, 0) is 28.9 Å². The van der Waals surface area contributed by atoms with Crippen LogP contribution in [0, 0.1) is 0 Å². The SMILES string of the molecule is C=C(C)Cn1c(S[C@@H](C)C(=O)OCC)nc2sc3c(c2c1=O)CCc1ccccc1-3. The third-order valence-electron chi connectivity index (χ3n) is 5.11. The number of aromatic nitrogens is 2. The lowest BCUT2D eigenvalue weighted by atomic mass is 9.90. The van der Waals surface area contributed by atoms with Crippen molar-refractivity contribution in [2.45, 2.75) is 50.6 Å². The molecule has 1 aromatic carbocycles. The predicted molar refractivity (Wildman–Crippen MR) is 123 cm³/mol. The van der Waals surface area contributed by atoms with Crippen molar-refractivity contribution in [3.05, 3.63) is 57.9 Å². The summed E-state index contributed by atoms with van der Waals surface area (Å²) in [6.45, 7) is 10.1. The van der Waals surface area contributed by atoms with Gasteiger partial charge in [0.1, 0.15) is 10.1 Å². The normalized spacial score (nSPS) is 13.6. The van der Waals surface area contributed by atoms with E-state index in [9.17, 15) is 9.59 Å². The molecule has 0 amide bonds. The van der Waals surface area contributed by atoms with E-state index in [-0.39, 0.29) is 11.5 Å². The van der Waals surface area contributed by atoms with Crippen LogP contribution in [0.1, 0.15) is 31.9 Å². The fraction of sp³-hybridized carbons (Fsp3) is 0.348. The van der Waals surface area contributed by atoms with Gasteiger partial charge in [0.25, 0.3) is 5.56 Å². The highest BCUT2D eigenvalue weighted by Gasteiger charge is 2.26. The van der Waals surface area contributed by atoms with Gasteiger partial charge in [-0.1, -0.05) is 48.2 Å². The number of carbonyl (C=O) groups excluding carboxylic acids is 1. The molecule has 7 heteroatoms. The highest BCUT2D eigenvalue weighted by Crippen LogP contribution is 2.42. The van der Waals surface area contributed by atoms with Gasteiger partial charge in [0, 0.05) is 11.4 Å². The van der Waals surface area contributed by atoms with Crippen molar-refractivity contribution in [2.75, 3.05) is 6.61 Å². The molecule has 5 nitrogen and oxygen atoms in total. The molecule has 0 N–H and O–H groups in total. The molecule has 1 aliphatic carbocycles. The number of thiophene rings is 1. The summed E-state index contributed by atoms with van der Waals surface area (Å²) < 4.78 is 6.78. The maximum Gasteiger partial charge on any atom is 0.319 e. The highest BCUT2D eigenvalue weighted by molar-refractivity contribution is 8.00. The summed E-state index contributed by atoms with van der Waals surface area (Å²) in [6.07, 6.45) is 1.76. The zero-order valence-corrected chi connectivity index (χ0v) is 19.0. The van der Waals surface area contributed by atoms with Crippen LogP contribution >= 0.6 is 23.1 Å². The Hall–Kier alpha value is -2.38. The Bertz CT molecular complexity index is 1210. The van der Waals surface area contributed by atoms with Crippen molar-refractivity contribution in [3.8, 4) is 10.4 Å². The van der Waals surface area contributed by atoms with E-state index in [0.717, 1.165) is 33.7 Å². The first kappa shape index (κ1) is 20.9. The third-order valence-corrected chi connectivity index (χ3v) is 7.34. The minimum absolute atomic E-state index is 0.0570. The van der Waals surface area contributed by atoms with E-state index in [1.54, 1.807) is 29.8 Å². The van der Waals surface area contributed by atoms with Crippen molar-refractivity contribution >= 4 is 39.3 Å². The fourth-order valence-corrected chi connectivity index (χ4v) is 5.99. The number of hydrogen-bond donors (Lipinski definition) is 0. The van der Waals surface area contributed by atoms with Crippen LogP contribution in [0.5, 0.6) is 0 Å². The van der Waals surface area contributed by atoms with Crippen molar-refractivity contribution < 1.29 is 9.53 Å². The van der Waals surface area contributed by atoms with Crippen molar-refractivity contribution in [1.29, 1.82) is 0 Å². The molecule has 0 bridgehead atoms. The van der Waals surface area contributed by atoms with Crippen LogP contribution in [-0.4, -0.2) is 27.4 Å². The Morgan fingerprint density at radius 3 is 2.87 bits per heavy atom. The molecule has 1 atom stereocenters. The van der Waals surface area contributed by atoms with E-state index in [4.69, 9.17) is 9.72 Å². The number of rotatable bonds is 6. The second kappa shape index (κ2) is 8.40. The molecule has 1 aliphatic rings. The largest absolute Gasteiger partial charge is 0.465 e. The number of benzene rings is 1. The summed E-state index contributed by atoms with van der Waals surface area (Å²) in [5.74, 6) is -0.307. The van der Waals surface area contributed by atoms with Crippen LogP contribution in [0.2, 0.25) is 0 Å². The lowest BCUT2D eigenvalue weighted by Crippen LogP contribution is -2.26. The van der Waals surface area contributed by atoms with Gasteiger partial charge in [0.15, 0.2) is 5.16 Å². The monoisotopic (exact) mass is 440 g/mol. The number of nitrogens with zero attached hydrogens (tertiary/aromatic N) is 2. The number of aryl methyl sites for hydroxylation is 2. The number of fused-ring (bicyclic) bond motifs is 5. The fourth-order valence-electron chi connectivity index (χ4n) is 3.76. The van der Waals surface area contributed by atoms with Gasteiger partial charge in [0.2, 0.25) is 0 Å². The smallest absolute Gasteiger partial charge is 0.319 e. The molecule has 0 spiro atoms. The summed E-state index contributed by atoms with van der Waals surface area (Å²) in [4.78, 5) is 32.4. The van der Waals surface area contributed by atoms with E-state index in [0.29, 0.717) is 23.7 Å². The van der Waals surface area contributed by atoms with E-state index >= 15 is 0 Å². The lowest BCUT2D eigenvalue weighted by molar-refractivity contribution is -0.142. The van der Waals surface area contributed by atoms with Gasteiger partial charge in [-0.2, -0.15) is 0 Å². The average Bonchev–Trinajstić information content (AvgIpc) is 3.09. The van der Waals surface area contributed by atoms with E-state index in [1.807, 2.05) is 13.0 Å². The standard InChI is InChI=1S/C23H24N2O3S2/c1-5-28-22(27)14(4)29-23-24-20-18(21(26)25(23)12-13(2)3)17-11-10-15-8-6-7-9-16(15)19(17)30-20/h6-9,14H,2,5,10-12H2,1,3-4H3/t14-/m0/s1. The third kappa shape index (κ3) is 3.72. The van der Waals surface area contributed by atoms with E-state index < -0.39 is 5.25 Å². The molecule has 0 aliphatic heterocycles. The molecular weight excluding hydrogens is 416 g/mol. The maximum absolute atomic E-state index is 13.6. The first-order valence-corrected chi connectivity index (χ1v) is 11.7. The van der Waals surface area contributed by atoms with Gasteiger partial charge in [-0.05, 0) is 50.3 Å². The van der Waals surface area contributed by atoms with Crippen molar-refractivity contribution in [2.24, 2.45) is 0 Å². The minimum Gasteiger partial charge on any atom is -0.465 e. The van der Waals surface area contributed by atoms with Crippen molar-refractivity contribution in [1.82, 2.24) is 9.55 Å². The number of allylic oxidation sites excluding steroid dienone is 1. The van der Waals surface area contributed by atoms with Gasteiger partial charge in [-0.25, -0.2) is 4.98 Å². The molecule has 0 saturated carbocycles. The number of ether oxygens (including phenoxy) is 1. The van der Waals surface area contributed by atoms with Gasteiger partial charge in [0.05, 0.1) is 12.0 Å². The summed E-state index contributed by atoms with van der Waals surface area (Å²) in [6, 6.07) is 8.36. The van der Waals surface area contributed by atoms with Crippen LogP contribution in [0.4, 0.5) is 0 Å². The molecule has 4 rings (SSSR count). The molecule has 2 aromatic heterocycles. The Morgan fingerprint density at radius 2 is 2.13 bits per heavy atom. The van der Waals surface area contributed by atoms with Gasteiger partial charge in [-0.15, -0.1) is 11.3 Å². The topological polar surface area (TPSA) is 61.2 Å². The maximum atomic E-state index is 13.6. The molecular formula is C23H24N2O3S2. The van der Waals surface area contributed by atoms with E-state index in [2.05, 4.69) is 24.8 Å². The quantitative estimate of drug-likeness (QED) is 0.237. The second-order valence-corrected chi connectivity index (χ2v) is 9.81. The van der Waals surface area contributed by atoms with Crippen LogP contribution in [0.3, 0.4) is 0 Å². The minimum atomic E-state index is -0.457.